The van der Waals surface area contributed by atoms with Gasteiger partial charge in [-0.2, -0.15) is 0 Å². The van der Waals surface area contributed by atoms with Gasteiger partial charge in [0.15, 0.2) is 0 Å². The van der Waals surface area contributed by atoms with Crippen molar-refractivity contribution in [1.29, 1.82) is 0 Å². The van der Waals surface area contributed by atoms with Crippen LogP contribution in [0.3, 0.4) is 0 Å². The van der Waals surface area contributed by atoms with Crippen LogP contribution in [0.5, 0.6) is 0 Å². The van der Waals surface area contributed by atoms with Crippen molar-refractivity contribution in [1.82, 2.24) is 5.32 Å². The molecule has 2 aromatic rings. The number of aliphatic hydroxyl groups is 1. The highest BCUT2D eigenvalue weighted by atomic mass is 16.3. The van der Waals surface area contributed by atoms with Crippen molar-refractivity contribution in [3.8, 4) is 11.1 Å². The van der Waals surface area contributed by atoms with Gasteiger partial charge in [-0.15, -0.1) is 0 Å². The molecule has 0 radical (unpaired) electrons. The lowest BCUT2D eigenvalue weighted by atomic mass is 10.0. The molecular formula is C17H19NO. The van der Waals surface area contributed by atoms with Crippen molar-refractivity contribution >= 4 is 0 Å². The molecule has 0 saturated heterocycles. The van der Waals surface area contributed by atoms with Crippen molar-refractivity contribution in [2.75, 3.05) is 13.2 Å². The largest absolute Gasteiger partial charge is 0.395 e. The summed E-state index contributed by atoms with van der Waals surface area (Å²) >= 11 is 0. The molecule has 3 rings (SSSR count). The van der Waals surface area contributed by atoms with E-state index in [0.717, 1.165) is 6.42 Å². The zero-order valence-corrected chi connectivity index (χ0v) is 11.2. The van der Waals surface area contributed by atoms with Crippen molar-refractivity contribution < 1.29 is 5.11 Å². The molecule has 1 aliphatic carbocycles. The molecule has 0 amide bonds. The van der Waals surface area contributed by atoms with Crippen LogP contribution < -0.4 is 5.32 Å². The molecule has 2 nitrogen and oxygen atoms in total. The summed E-state index contributed by atoms with van der Waals surface area (Å²) in [4.78, 5) is 0. The first-order valence-electron chi connectivity index (χ1n) is 6.85. The van der Waals surface area contributed by atoms with E-state index in [1.54, 1.807) is 0 Å². The van der Waals surface area contributed by atoms with E-state index in [-0.39, 0.29) is 12.6 Å². The molecule has 0 aromatic heterocycles. The molecule has 1 unspecified atom stereocenters. The maximum Gasteiger partial charge on any atom is 0.0556 e. The average molecular weight is 253 g/mol. The monoisotopic (exact) mass is 253 g/mol. The SMILES string of the molecule is CC(NCCO)c1ccc2c(c1)Cc1ccccc1-2. The summed E-state index contributed by atoms with van der Waals surface area (Å²) in [6, 6.07) is 15.6. The Kier molecular flexibility index (Phi) is 3.36. The van der Waals surface area contributed by atoms with Crippen LogP contribution in [0.2, 0.25) is 0 Å². The molecule has 0 spiro atoms. The summed E-state index contributed by atoms with van der Waals surface area (Å²) in [6.07, 6.45) is 1.03. The zero-order valence-electron chi connectivity index (χ0n) is 11.2. The summed E-state index contributed by atoms with van der Waals surface area (Å²) in [5, 5.41) is 12.2. The smallest absolute Gasteiger partial charge is 0.0556 e. The average Bonchev–Trinajstić information content (AvgIpc) is 2.82. The van der Waals surface area contributed by atoms with Crippen LogP contribution in [0.4, 0.5) is 0 Å². The topological polar surface area (TPSA) is 32.3 Å². The maximum absolute atomic E-state index is 8.87. The van der Waals surface area contributed by atoms with E-state index in [1.165, 1.54) is 27.8 Å². The summed E-state index contributed by atoms with van der Waals surface area (Å²) in [5.74, 6) is 0. The quantitative estimate of drug-likeness (QED) is 0.749. The molecule has 19 heavy (non-hydrogen) atoms. The van der Waals surface area contributed by atoms with Gasteiger partial charge in [-0.3, -0.25) is 0 Å². The van der Waals surface area contributed by atoms with Crippen LogP contribution in [0, 0.1) is 0 Å². The summed E-state index contributed by atoms with van der Waals surface area (Å²) < 4.78 is 0. The standard InChI is InChI=1S/C17H19NO/c1-12(18-8-9-19)13-6-7-17-15(10-13)11-14-4-2-3-5-16(14)17/h2-7,10,12,18-19H,8-9,11H2,1H3. The molecule has 0 bridgehead atoms. The van der Waals surface area contributed by atoms with Gasteiger partial charge in [0.1, 0.15) is 0 Å². The third-order valence-electron chi connectivity index (χ3n) is 3.88. The minimum atomic E-state index is 0.181. The Morgan fingerprint density at radius 1 is 1.11 bits per heavy atom. The Morgan fingerprint density at radius 3 is 2.74 bits per heavy atom. The van der Waals surface area contributed by atoms with Gasteiger partial charge in [0.05, 0.1) is 6.61 Å². The number of benzene rings is 2. The fourth-order valence-electron chi connectivity index (χ4n) is 2.83. The second kappa shape index (κ2) is 5.16. The molecule has 1 atom stereocenters. The molecule has 1 aliphatic rings. The normalized spacial score (nSPS) is 14.0. The predicted octanol–water partition coefficient (Wildman–Crippen LogP) is 2.90. The third-order valence-corrected chi connectivity index (χ3v) is 3.88. The lowest BCUT2D eigenvalue weighted by Crippen LogP contribution is -2.22. The van der Waals surface area contributed by atoms with Crippen LogP contribution in [0.1, 0.15) is 29.7 Å². The zero-order chi connectivity index (χ0) is 13.2. The first-order valence-corrected chi connectivity index (χ1v) is 6.85. The number of hydrogen-bond donors (Lipinski definition) is 2. The van der Waals surface area contributed by atoms with Gasteiger partial charge in [0, 0.05) is 12.6 Å². The van der Waals surface area contributed by atoms with Crippen molar-refractivity contribution in [2.24, 2.45) is 0 Å². The van der Waals surface area contributed by atoms with E-state index in [4.69, 9.17) is 5.11 Å². The molecule has 0 fully saturated rings. The van der Waals surface area contributed by atoms with Crippen molar-refractivity contribution in [2.45, 2.75) is 19.4 Å². The minimum absolute atomic E-state index is 0.181. The number of nitrogens with one attached hydrogen (secondary N) is 1. The van der Waals surface area contributed by atoms with E-state index in [9.17, 15) is 0 Å². The van der Waals surface area contributed by atoms with Gasteiger partial charge in [-0.05, 0) is 41.2 Å². The Balaban J connectivity index is 1.89. The van der Waals surface area contributed by atoms with Gasteiger partial charge in [-0.1, -0.05) is 42.5 Å². The molecule has 2 N–H and O–H groups in total. The van der Waals surface area contributed by atoms with Gasteiger partial charge in [0.25, 0.3) is 0 Å². The predicted molar refractivity (Wildman–Crippen MR) is 78.2 cm³/mol. The van der Waals surface area contributed by atoms with Gasteiger partial charge in [-0.25, -0.2) is 0 Å². The van der Waals surface area contributed by atoms with Crippen LogP contribution in [-0.2, 0) is 6.42 Å². The Hall–Kier alpha value is -1.64. The Labute approximate surface area is 114 Å². The number of aliphatic hydroxyl groups excluding tert-OH is 1. The van der Waals surface area contributed by atoms with E-state index >= 15 is 0 Å². The Bertz CT molecular complexity index is 592. The van der Waals surface area contributed by atoms with Crippen LogP contribution >= 0.6 is 0 Å². The second-order valence-electron chi connectivity index (χ2n) is 5.15. The summed E-state index contributed by atoms with van der Waals surface area (Å²) in [5.41, 5.74) is 6.87. The van der Waals surface area contributed by atoms with Gasteiger partial charge >= 0.3 is 0 Å². The van der Waals surface area contributed by atoms with E-state index in [0.29, 0.717) is 6.54 Å². The fourth-order valence-corrected chi connectivity index (χ4v) is 2.83. The molecule has 98 valence electrons. The van der Waals surface area contributed by atoms with Crippen LogP contribution in [0.15, 0.2) is 42.5 Å². The first-order chi connectivity index (χ1) is 9.29. The van der Waals surface area contributed by atoms with E-state index in [2.05, 4.69) is 54.7 Å². The fraction of sp³-hybridized carbons (Fsp3) is 0.294. The number of hydrogen-bond acceptors (Lipinski definition) is 2. The molecule has 2 aromatic carbocycles. The number of fused-ring (bicyclic) bond motifs is 3. The summed E-state index contributed by atoms with van der Waals surface area (Å²) in [7, 11) is 0. The van der Waals surface area contributed by atoms with Crippen LogP contribution in [-0.4, -0.2) is 18.3 Å². The summed E-state index contributed by atoms with van der Waals surface area (Å²) in [6.45, 7) is 2.96. The minimum Gasteiger partial charge on any atom is -0.395 e. The van der Waals surface area contributed by atoms with Crippen molar-refractivity contribution in [3.05, 3.63) is 59.2 Å². The van der Waals surface area contributed by atoms with Gasteiger partial charge in [0.2, 0.25) is 0 Å². The highest BCUT2D eigenvalue weighted by Gasteiger charge is 2.18. The first kappa shape index (κ1) is 12.4. The third kappa shape index (κ3) is 2.29. The lowest BCUT2D eigenvalue weighted by Gasteiger charge is -2.14. The molecule has 0 heterocycles. The molecule has 0 aliphatic heterocycles. The molecule has 0 saturated carbocycles. The van der Waals surface area contributed by atoms with E-state index in [1.807, 2.05) is 0 Å². The second-order valence-corrected chi connectivity index (χ2v) is 5.15. The maximum atomic E-state index is 8.87. The number of rotatable bonds is 4. The molecular weight excluding hydrogens is 234 g/mol. The van der Waals surface area contributed by atoms with Crippen LogP contribution in [0.25, 0.3) is 11.1 Å². The Morgan fingerprint density at radius 2 is 1.89 bits per heavy atom. The van der Waals surface area contributed by atoms with Gasteiger partial charge < -0.3 is 10.4 Å². The van der Waals surface area contributed by atoms with E-state index < -0.39 is 0 Å². The lowest BCUT2D eigenvalue weighted by molar-refractivity contribution is 0.286. The van der Waals surface area contributed by atoms with Crippen molar-refractivity contribution in [3.63, 3.8) is 0 Å². The highest BCUT2D eigenvalue weighted by Crippen LogP contribution is 2.37. The highest BCUT2D eigenvalue weighted by molar-refractivity contribution is 5.76. The molecule has 2 heteroatoms.